The van der Waals surface area contributed by atoms with Crippen LogP contribution >= 0.6 is 12.4 Å². The Morgan fingerprint density at radius 1 is 1.04 bits per heavy atom. The maximum absolute atomic E-state index is 11.6. The van der Waals surface area contributed by atoms with Crippen LogP contribution in [0.2, 0.25) is 0 Å². The highest BCUT2D eigenvalue weighted by Gasteiger charge is 2.34. The van der Waals surface area contributed by atoms with Crippen LogP contribution in [0.4, 0.5) is 0 Å². The molecule has 0 N–H and O–H groups in total. The summed E-state index contributed by atoms with van der Waals surface area (Å²) >= 11 is 0. The molecule has 2 atom stereocenters. The fourth-order valence-corrected chi connectivity index (χ4v) is 4.46. The summed E-state index contributed by atoms with van der Waals surface area (Å²) in [7, 11) is 0. The molecule has 0 radical (unpaired) electrons. The number of nitrogens with zero attached hydrogens (tertiary/aromatic N) is 1. The summed E-state index contributed by atoms with van der Waals surface area (Å²) in [6.07, 6.45) is 6.77. The third-order valence-corrected chi connectivity index (χ3v) is 5.78. The van der Waals surface area contributed by atoms with Crippen LogP contribution in [0.25, 0.3) is 10.8 Å². The first kappa shape index (κ1) is 19.3. The summed E-state index contributed by atoms with van der Waals surface area (Å²) in [6, 6.07) is 15.5. The molecule has 1 aliphatic heterocycles. The van der Waals surface area contributed by atoms with E-state index in [1.807, 2.05) is 0 Å². The van der Waals surface area contributed by atoms with Gasteiger partial charge in [0, 0.05) is 19.0 Å². The molecule has 2 fully saturated rings. The molecule has 140 valence electrons. The van der Waals surface area contributed by atoms with E-state index >= 15 is 0 Å². The lowest BCUT2D eigenvalue weighted by Crippen LogP contribution is -2.45. The van der Waals surface area contributed by atoms with Crippen molar-refractivity contribution < 1.29 is 9.53 Å². The Kier molecular flexibility index (Phi) is 6.68. The van der Waals surface area contributed by atoms with Crippen LogP contribution in [0.15, 0.2) is 42.5 Å². The lowest BCUT2D eigenvalue weighted by atomic mass is 9.91. The first-order chi connectivity index (χ1) is 12.3. The Labute approximate surface area is 162 Å². The van der Waals surface area contributed by atoms with Crippen molar-refractivity contribution >= 4 is 29.0 Å². The van der Waals surface area contributed by atoms with Gasteiger partial charge in [-0.25, -0.2) is 0 Å². The summed E-state index contributed by atoms with van der Waals surface area (Å²) in [4.78, 5) is 14.0. The molecule has 2 aromatic rings. The maximum Gasteiger partial charge on any atom is 0.148 e. The number of ketones is 1. The minimum absolute atomic E-state index is 0. The van der Waals surface area contributed by atoms with Gasteiger partial charge in [0.2, 0.25) is 0 Å². The van der Waals surface area contributed by atoms with Gasteiger partial charge in [-0.05, 0) is 35.6 Å². The number of ether oxygens (including phenoxy) is 1. The molecule has 26 heavy (non-hydrogen) atoms. The summed E-state index contributed by atoms with van der Waals surface area (Å²) in [5, 5.41) is 2.63. The fourth-order valence-electron chi connectivity index (χ4n) is 4.46. The largest absolute Gasteiger partial charge is 0.376 e. The molecule has 0 unspecified atom stereocenters. The molecule has 3 nitrogen and oxygen atoms in total. The van der Waals surface area contributed by atoms with E-state index in [1.165, 1.54) is 35.6 Å². The predicted octanol–water partition coefficient (Wildman–Crippen LogP) is 4.41. The number of carbonyl (C=O) groups excluding carboxylic acids is 1. The highest BCUT2D eigenvalue weighted by atomic mass is 35.5. The highest BCUT2D eigenvalue weighted by Crippen LogP contribution is 2.28. The van der Waals surface area contributed by atoms with Crippen molar-refractivity contribution in [2.45, 2.75) is 50.7 Å². The van der Waals surface area contributed by atoms with Crippen molar-refractivity contribution in [3.05, 3.63) is 48.0 Å². The van der Waals surface area contributed by atoms with Crippen LogP contribution in [0.3, 0.4) is 0 Å². The highest BCUT2D eigenvalue weighted by molar-refractivity contribution is 5.86. The maximum atomic E-state index is 11.6. The van der Waals surface area contributed by atoms with Crippen molar-refractivity contribution in [1.29, 1.82) is 0 Å². The van der Waals surface area contributed by atoms with E-state index in [1.54, 1.807) is 0 Å². The van der Waals surface area contributed by atoms with E-state index in [-0.39, 0.29) is 18.5 Å². The number of rotatable bonds is 5. The Hall–Kier alpha value is -1.42. The number of benzene rings is 2. The molecule has 1 saturated heterocycles. The van der Waals surface area contributed by atoms with Gasteiger partial charge in [-0.3, -0.25) is 9.69 Å². The zero-order valence-corrected chi connectivity index (χ0v) is 16.0. The predicted molar refractivity (Wildman–Crippen MR) is 108 cm³/mol. The van der Waals surface area contributed by atoms with Crippen LogP contribution in [0, 0.1) is 0 Å². The van der Waals surface area contributed by atoms with Gasteiger partial charge in [-0.1, -0.05) is 55.3 Å². The topological polar surface area (TPSA) is 29.5 Å². The summed E-state index contributed by atoms with van der Waals surface area (Å²) < 4.78 is 6.34. The van der Waals surface area contributed by atoms with Crippen molar-refractivity contribution in [2.24, 2.45) is 0 Å². The molecule has 4 heteroatoms. The molecule has 0 spiro atoms. The summed E-state index contributed by atoms with van der Waals surface area (Å²) in [5.41, 5.74) is 1.36. The Bertz CT molecular complexity index is 743. The zero-order chi connectivity index (χ0) is 17.1. The lowest BCUT2D eigenvalue weighted by Gasteiger charge is -2.37. The van der Waals surface area contributed by atoms with Crippen LogP contribution in [-0.4, -0.2) is 42.5 Å². The molecule has 2 aliphatic rings. The van der Waals surface area contributed by atoms with Gasteiger partial charge in [0.1, 0.15) is 5.78 Å². The van der Waals surface area contributed by atoms with E-state index in [4.69, 9.17) is 4.74 Å². The number of halogens is 1. The molecular formula is C22H28ClNO2. The third-order valence-electron chi connectivity index (χ3n) is 5.78. The van der Waals surface area contributed by atoms with Gasteiger partial charge in [-0.2, -0.15) is 0 Å². The minimum atomic E-state index is 0. The molecular weight excluding hydrogens is 346 g/mol. The monoisotopic (exact) mass is 373 g/mol. The quantitative estimate of drug-likeness (QED) is 0.777. The Morgan fingerprint density at radius 2 is 1.85 bits per heavy atom. The fraction of sp³-hybridized carbons (Fsp3) is 0.500. The first-order valence-corrected chi connectivity index (χ1v) is 9.65. The van der Waals surface area contributed by atoms with Gasteiger partial charge >= 0.3 is 0 Å². The average Bonchev–Trinajstić information content (AvgIpc) is 3.08. The molecule has 4 rings (SSSR count). The van der Waals surface area contributed by atoms with Gasteiger partial charge in [0.15, 0.2) is 0 Å². The molecule has 2 aromatic carbocycles. The van der Waals surface area contributed by atoms with E-state index in [0.717, 1.165) is 32.4 Å². The number of Topliss-reactive ketones (excluding diaryl/α,β-unsaturated/α-hetero) is 1. The second kappa shape index (κ2) is 8.98. The number of carbonyl (C=O) groups is 1. The van der Waals surface area contributed by atoms with E-state index < -0.39 is 0 Å². The van der Waals surface area contributed by atoms with Gasteiger partial charge in [-0.15, -0.1) is 12.4 Å². The molecule has 0 aromatic heterocycles. The van der Waals surface area contributed by atoms with Crippen molar-refractivity contribution in [1.82, 2.24) is 4.90 Å². The van der Waals surface area contributed by atoms with E-state index in [0.29, 0.717) is 18.4 Å². The van der Waals surface area contributed by atoms with E-state index in [2.05, 4.69) is 47.4 Å². The number of hydrogen-bond donors (Lipinski definition) is 0. The van der Waals surface area contributed by atoms with E-state index in [9.17, 15) is 4.79 Å². The lowest BCUT2D eigenvalue weighted by molar-refractivity contribution is -0.117. The second-order valence-corrected chi connectivity index (χ2v) is 7.41. The molecule has 1 saturated carbocycles. The Morgan fingerprint density at radius 3 is 2.69 bits per heavy atom. The van der Waals surface area contributed by atoms with Gasteiger partial charge < -0.3 is 4.74 Å². The average molecular weight is 374 g/mol. The van der Waals surface area contributed by atoms with Gasteiger partial charge in [0.05, 0.1) is 19.3 Å². The second-order valence-electron chi connectivity index (χ2n) is 7.41. The Balaban J connectivity index is 0.00000196. The first-order valence-electron chi connectivity index (χ1n) is 9.65. The van der Waals surface area contributed by atoms with Crippen molar-refractivity contribution in [2.75, 3.05) is 19.7 Å². The summed E-state index contributed by atoms with van der Waals surface area (Å²) in [5.74, 6) is 0.389. The summed E-state index contributed by atoms with van der Waals surface area (Å²) in [6.45, 7) is 2.32. The molecule has 0 amide bonds. The standard InChI is InChI=1S/C22H27NO2.ClH/c24-19-12-14-23(16-19)21-10-3-4-11-22(21)25-15-13-18-8-5-7-17-6-1-2-9-20(17)18;/h1-2,5-9,21-22H,3-4,10-16H2;1H/t21-,22-;/m1./s1. The molecule has 1 aliphatic carbocycles. The van der Waals surface area contributed by atoms with Crippen LogP contribution in [-0.2, 0) is 16.0 Å². The SMILES string of the molecule is Cl.O=C1CCN([C@@H]2CCCC[C@H]2OCCc2cccc3ccccc23)C1. The van der Waals surface area contributed by atoms with Crippen LogP contribution < -0.4 is 0 Å². The number of likely N-dealkylation sites (tertiary alicyclic amines) is 1. The molecule has 0 bridgehead atoms. The van der Waals surface area contributed by atoms with Crippen molar-refractivity contribution in [3.8, 4) is 0 Å². The molecule has 1 heterocycles. The van der Waals surface area contributed by atoms with Gasteiger partial charge in [0.25, 0.3) is 0 Å². The number of fused-ring (bicyclic) bond motifs is 1. The zero-order valence-electron chi connectivity index (χ0n) is 15.2. The normalized spacial score (nSPS) is 23.9. The third kappa shape index (κ3) is 4.28. The van der Waals surface area contributed by atoms with Crippen LogP contribution in [0.1, 0.15) is 37.7 Å². The number of hydrogen-bond acceptors (Lipinski definition) is 3. The van der Waals surface area contributed by atoms with Crippen molar-refractivity contribution in [3.63, 3.8) is 0 Å². The smallest absolute Gasteiger partial charge is 0.148 e. The van der Waals surface area contributed by atoms with Crippen LogP contribution in [0.5, 0.6) is 0 Å². The minimum Gasteiger partial charge on any atom is -0.376 e.